The van der Waals surface area contributed by atoms with E-state index in [9.17, 15) is 19.5 Å². The summed E-state index contributed by atoms with van der Waals surface area (Å²) in [5, 5.41) is 16.3. The molecule has 1 spiro atoms. The Bertz CT molecular complexity index is 1260. The quantitative estimate of drug-likeness (QED) is 0.432. The van der Waals surface area contributed by atoms with Crippen LogP contribution in [0.3, 0.4) is 0 Å². The van der Waals surface area contributed by atoms with Crippen molar-refractivity contribution in [2.75, 3.05) is 23.8 Å². The third-order valence-corrected chi connectivity index (χ3v) is 10.4. The fraction of sp³-hybridized carbons (Fsp3) is 0.500. The fourth-order valence-corrected chi connectivity index (χ4v) is 8.80. The molecule has 3 fully saturated rings. The molecule has 208 valence electrons. The van der Waals surface area contributed by atoms with Gasteiger partial charge >= 0.3 is 0 Å². The molecule has 0 radical (unpaired) electrons. The van der Waals surface area contributed by atoms with E-state index in [0.29, 0.717) is 30.8 Å². The van der Waals surface area contributed by atoms with Crippen LogP contribution >= 0.6 is 11.8 Å². The van der Waals surface area contributed by atoms with Gasteiger partial charge in [0.05, 0.1) is 35.8 Å². The number of carbonyl (C=O) groups excluding carboxylic acids is 3. The second kappa shape index (κ2) is 10.8. The van der Waals surface area contributed by atoms with Gasteiger partial charge in [-0.2, -0.15) is 0 Å². The van der Waals surface area contributed by atoms with E-state index in [1.165, 1.54) is 0 Å². The topological polar surface area (TPSA) is 108 Å². The summed E-state index contributed by atoms with van der Waals surface area (Å²) in [7, 11) is 0. The summed E-state index contributed by atoms with van der Waals surface area (Å²) in [6.07, 6.45) is 1.94. The molecule has 0 aromatic heterocycles. The Morgan fingerprint density at radius 2 is 1.87 bits per heavy atom. The number of aryl methyl sites for hydroxylation is 2. The van der Waals surface area contributed by atoms with Gasteiger partial charge in [0.25, 0.3) is 0 Å². The van der Waals surface area contributed by atoms with Crippen LogP contribution in [0.4, 0.5) is 11.4 Å². The van der Waals surface area contributed by atoms with Gasteiger partial charge in [0, 0.05) is 16.6 Å². The number of hydrogen-bond acceptors (Lipinski definition) is 6. The zero-order chi connectivity index (χ0) is 27.9. The molecular weight excluding hydrogens is 514 g/mol. The number of rotatable bonds is 9. The minimum absolute atomic E-state index is 0.0472. The van der Waals surface area contributed by atoms with Gasteiger partial charge in [-0.3, -0.25) is 14.4 Å². The van der Waals surface area contributed by atoms with Gasteiger partial charge in [-0.1, -0.05) is 19.1 Å². The van der Waals surface area contributed by atoms with E-state index < -0.39 is 28.7 Å². The van der Waals surface area contributed by atoms with Gasteiger partial charge in [-0.15, -0.1) is 11.8 Å². The van der Waals surface area contributed by atoms with Crippen molar-refractivity contribution in [3.05, 3.63) is 53.6 Å². The number of hydrogen-bond donors (Lipinski definition) is 3. The van der Waals surface area contributed by atoms with E-state index in [-0.39, 0.29) is 29.6 Å². The molecule has 0 saturated carbocycles. The first kappa shape index (κ1) is 27.5. The smallest absolute Gasteiger partial charge is 0.248 e. The average molecular weight is 552 g/mol. The summed E-state index contributed by atoms with van der Waals surface area (Å²) in [5.41, 5.74) is 3.31. The lowest BCUT2D eigenvalue weighted by Gasteiger charge is -2.36. The Morgan fingerprint density at radius 1 is 1.13 bits per heavy atom. The Hall–Kier alpha value is -3.04. The Kier molecular flexibility index (Phi) is 7.66. The molecule has 2 aromatic rings. The van der Waals surface area contributed by atoms with Crippen molar-refractivity contribution in [2.45, 2.75) is 69.0 Å². The van der Waals surface area contributed by atoms with Crippen LogP contribution in [-0.4, -0.2) is 63.0 Å². The van der Waals surface area contributed by atoms with Crippen LogP contribution in [0.1, 0.15) is 44.2 Å². The lowest BCUT2D eigenvalue weighted by atomic mass is 9.70. The third-order valence-electron chi connectivity index (χ3n) is 8.45. The van der Waals surface area contributed by atoms with Gasteiger partial charge in [0.2, 0.25) is 17.7 Å². The summed E-state index contributed by atoms with van der Waals surface area (Å²) in [5.74, 6) is -1.13. The highest BCUT2D eigenvalue weighted by Crippen LogP contribution is 2.66. The first-order valence-corrected chi connectivity index (χ1v) is 14.6. The van der Waals surface area contributed by atoms with Gasteiger partial charge < -0.3 is 25.4 Å². The maximum Gasteiger partial charge on any atom is 0.248 e. The molecule has 3 aliphatic rings. The molecule has 3 amide bonds. The predicted octanol–water partition coefficient (Wildman–Crippen LogP) is 4.14. The fourth-order valence-electron chi connectivity index (χ4n) is 6.60. The summed E-state index contributed by atoms with van der Waals surface area (Å²) < 4.78 is 4.78. The average Bonchev–Trinajstić information content (AvgIpc) is 3.56. The van der Waals surface area contributed by atoms with E-state index >= 15 is 0 Å². The lowest BCUT2D eigenvalue weighted by Crippen LogP contribution is -2.54. The van der Waals surface area contributed by atoms with Gasteiger partial charge in [-0.25, -0.2) is 0 Å². The number of nitrogens with zero attached hydrogens (tertiary/aromatic N) is 1. The zero-order valence-corrected chi connectivity index (χ0v) is 23.7. The number of likely N-dealkylation sites (tertiary alicyclic amines) is 1. The number of ether oxygens (including phenoxy) is 1. The van der Waals surface area contributed by atoms with E-state index in [1.807, 2.05) is 45.9 Å². The van der Waals surface area contributed by atoms with Crippen molar-refractivity contribution < 1.29 is 24.2 Å². The highest BCUT2D eigenvalue weighted by Gasteiger charge is 2.74. The van der Waals surface area contributed by atoms with Crippen LogP contribution in [0.5, 0.6) is 5.75 Å². The molecule has 2 bridgehead atoms. The first-order chi connectivity index (χ1) is 18.7. The van der Waals surface area contributed by atoms with E-state index in [2.05, 4.69) is 10.6 Å². The minimum Gasteiger partial charge on any atom is -0.494 e. The number of aliphatic hydroxyl groups is 1. The highest BCUT2D eigenvalue weighted by molar-refractivity contribution is 8.02. The summed E-state index contributed by atoms with van der Waals surface area (Å²) in [6, 6.07) is 11.8. The number of thioether (sulfide) groups is 1. The van der Waals surface area contributed by atoms with Crippen molar-refractivity contribution in [1.29, 1.82) is 0 Å². The second-order valence-corrected chi connectivity index (χ2v) is 12.4. The molecule has 9 heteroatoms. The van der Waals surface area contributed by atoms with Crippen LogP contribution in [-0.2, 0) is 14.4 Å². The Labute approximate surface area is 233 Å². The highest BCUT2D eigenvalue weighted by atomic mass is 32.2. The van der Waals surface area contributed by atoms with Crippen molar-refractivity contribution in [1.82, 2.24) is 4.90 Å². The Morgan fingerprint density at radius 3 is 2.54 bits per heavy atom. The molecule has 3 heterocycles. The number of amides is 3. The molecule has 2 aromatic carbocycles. The molecule has 3 aliphatic heterocycles. The van der Waals surface area contributed by atoms with Crippen LogP contribution in [0.2, 0.25) is 0 Å². The van der Waals surface area contributed by atoms with Gasteiger partial charge in [0.1, 0.15) is 11.8 Å². The molecular formula is C30H37N3O5S. The minimum atomic E-state index is -0.773. The number of fused-ring (bicyclic) bond motifs is 1. The van der Waals surface area contributed by atoms with Gasteiger partial charge in [0.15, 0.2) is 0 Å². The lowest BCUT2D eigenvalue weighted by molar-refractivity contribution is -0.141. The summed E-state index contributed by atoms with van der Waals surface area (Å²) >= 11 is 1.62. The van der Waals surface area contributed by atoms with Crippen molar-refractivity contribution in [3.63, 3.8) is 0 Å². The largest absolute Gasteiger partial charge is 0.494 e. The first-order valence-electron chi connectivity index (χ1n) is 13.8. The molecule has 6 atom stereocenters. The third kappa shape index (κ3) is 4.69. The number of anilines is 2. The van der Waals surface area contributed by atoms with Crippen molar-refractivity contribution in [3.8, 4) is 5.75 Å². The maximum absolute atomic E-state index is 14.1. The number of benzene rings is 2. The number of nitrogens with one attached hydrogen (secondary N) is 2. The number of aliphatic hydroxyl groups excluding tert-OH is 1. The normalized spacial score (nSPS) is 27.8. The summed E-state index contributed by atoms with van der Waals surface area (Å²) in [4.78, 5) is 43.4. The van der Waals surface area contributed by atoms with Gasteiger partial charge in [-0.05, 0) is 81.5 Å². The Balaban J connectivity index is 1.46. The zero-order valence-electron chi connectivity index (χ0n) is 22.9. The van der Waals surface area contributed by atoms with Crippen molar-refractivity contribution >= 4 is 40.9 Å². The van der Waals surface area contributed by atoms with E-state index in [1.54, 1.807) is 40.9 Å². The summed E-state index contributed by atoms with van der Waals surface area (Å²) in [6.45, 7) is 8.04. The van der Waals surface area contributed by atoms with E-state index in [4.69, 9.17) is 4.74 Å². The molecule has 0 aliphatic carbocycles. The number of carbonyl (C=O) groups is 3. The van der Waals surface area contributed by atoms with E-state index in [0.717, 1.165) is 23.3 Å². The van der Waals surface area contributed by atoms with Crippen LogP contribution in [0.25, 0.3) is 0 Å². The van der Waals surface area contributed by atoms with Crippen molar-refractivity contribution in [2.24, 2.45) is 11.8 Å². The van der Waals surface area contributed by atoms with Crippen LogP contribution < -0.4 is 15.4 Å². The molecule has 3 saturated heterocycles. The molecule has 3 N–H and O–H groups in total. The van der Waals surface area contributed by atoms with Crippen LogP contribution in [0.15, 0.2) is 42.5 Å². The maximum atomic E-state index is 14.1. The SMILES string of the molecule is CCOc1ccc(NC(=O)[C@@H]2[C@@H]3CCC4(S3)C(C(=O)Nc3cc(C)ccc3C)N([C@@H](CC)CO)C(=O)[C@H]24)cc1. The predicted molar refractivity (Wildman–Crippen MR) is 153 cm³/mol. The molecule has 8 nitrogen and oxygen atoms in total. The molecule has 39 heavy (non-hydrogen) atoms. The molecule has 5 rings (SSSR count). The van der Waals surface area contributed by atoms with Crippen LogP contribution in [0, 0.1) is 25.7 Å². The molecule has 2 unspecified atom stereocenters. The monoisotopic (exact) mass is 551 g/mol. The standard InChI is InChI=1S/C30H37N3O5S/c1-5-20(16-34)33-26(28(36)32-22-15-17(3)7-8-18(22)4)30-14-13-23(39-30)24(25(30)29(33)37)27(35)31-19-9-11-21(12-10-19)38-6-2/h7-12,15,20,23-26,34H,5-6,13-14,16H2,1-4H3,(H,31,35)(H,32,36)/t20-,23-,24+,25-,26?,30?/m0/s1. The second-order valence-electron chi connectivity index (χ2n) is 10.8.